The van der Waals surface area contributed by atoms with Gasteiger partial charge in [0.2, 0.25) is 0 Å². The molecule has 3 nitrogen and oxygen atoms in total. The first-order valence-corrected chi connectivity index (χ1v) is 7.71. The molecule has 0 bridgehead atoms. The maximum atomic E-state index is 6.35. The van der Waals surface area contributed by atoms with Crippen molar-refractivity contribution in [3.63, 3.8) is 0 Å². The minimum absolute atomic E-state index is 0.636. The lowest BCUT2D eigenvalue weighted by Gasteiger charge is -2.23. The number of halogens is 1. The molecule has 4 heteroatoms. The SMILES string of the molecule is CCOCCN(C)c1cccc(Cl)c1CNCC(C)C. The summed E-state index contributed by atoms with van der Waals surface area (Å²) in [6, 6.07) is 6.07. The molecule has 1 aromatic carbocycles. The molecule has 114 valence electrons. The van der Waals surface area contributed by atoms with E-state index in [9.17, 15) is 0 Å². The Labute approximate surface area is 128 Å². The molecule has 0 aliphatic heterocycles. The second-order valence-corrected chi connectivity index (χ2v) is 5.79. The molecule has 0 aromatic heterocycles. The molecule has 0 radical (unpaired) electrons. The predicted octanol–water partition coefficient (Wildman–Crippen LogP) is 3.56. The highest BCUT2D eigenvalue weighted by atomic mass is 35.5. The molecule has 20 heavy (non-hydrogen) atoms. The first-order valence-electron chi connectivity index (χ1n) is 7.33. The molecule has 0 amide bonds. The fourth-order valence-corrected chi connectivity index (χ4v) is 2.27. The number of nitrogens with zero attached hydrogens (tertiary/aromatic N) is 1. The van der Waals surface area contributed by atoms with Crippen molar-refractivity contribution in [2.45, 2.75) is 27.3 Å². The Morgan fingerprint density at radius 2 is 2.10 bits per heavy atom. The zero-order valence-corrected chi connectivity index (χ0v) is 13.8. The summed E-state index contributed by atoms with van der Waals surface area (Å²) in [7, 11) is 2.08. The van der Waals surface area contributed by atoms with Crippen LogP contribution in [0, 0.1) is 5.92 Å². The van der Waals surface area contributed by atoms with Crippen molar-refractivity contribution in [2.24, 2.45) is 5.92 Å². The van der Waals surface area contributed by atoms with Gasteiger partial charge in [-0.15, -0.1) is 0 Å². The van der Waals surface area contributed by atoms with Gasteiger partial charge in [0.25, 0.3) is 0 Å². The number of ether oxygens (including phenoxy) is 1. The maximum absolute atomic E-state index is 6.35. The van der Waals surface area contributed by atoms with E-state index in [1.54, 1.807) is 0 Å². The molecule has 0 fully saturated rings. The summed E-state index contributed by atoms with van der Waals surface area (Å²) < 4.78 is 5.42. The highest BCUT2D eigenvalue weighted by molar-refractivity contribution is 6.31. The van der Waals surface area contributed by atoms with Gasteiger partial charge in [-0.2, -0.15) is 0 Å². The molecule has 0 unspecified atom stereocenters. The molecule has 1 N–H and O–H groups in total. The van der Waals surface area contributed by atoms with E-state index in [0.29, 0.717) is 5.92 Å². The molecule has 0 saturated carbocycles. The highest BCUT2D eigenvalue weighted by Gasteiger charge is 2.10. The van der Waals surface area contributed by atoms with E-state index in [1.807, 2.05) is 19.1 Å². The van der Waals surface area contributed by atoms with Gasteiger partial charge < -0.3 is 15.0 Å². The topological polar surface area (TPSA) is 24.5 Å². The van der Waals surface area contributed by atoms with Gasteiger partial charge in [0, 0.05) is 43.0 Å². The van der Waals surface area contributed by atoms with Crippen molar-refractivity contribution in [3.8, 4) is 0 Å². The Morgan fingerprint density at radius 1 is 1.35 bits per heavy atom. The van der Waals surface area contributed by atoms with Crippen molar-refractivity contribution >= 4 is 17.3 Å². The zero-order chi connectivity index (χ0) is 15.0. The number of rotatable bonds is 9. The largest absolute Gasteiger partial charge is 0.380 e. The molecule has 0 heterocycles. The molecule has 0 aliphatic rings. The fraction of sp³-hybridized carbons (Fsp3) is 0.625. The summed E-state index contributed by atoms with van der Waals surface area (Å²) in [5, 5.41) is 4.28. The smallest absolute Gasteiger partial charge is 0.0641 e. The summed E-state index contributed by atoms with van der Waals surface area (Å²) in [6.45, 7) is 10.6. The molecular formula is C16H27ClN2O. The van der Waals surface area contributed by atoms with Crippen LogP contribution in [0.25, 0.3) is 0 Å². The van der Waals surface area contributed by atoms with Crippen LogP contribution >= 0.6 is 11.6 Å². The van der Waals surface area contributed by atoms with Gasteiger partial charge in [0.15, 0.2) is 0 Å². The van der Waals surface area contributed by atoms with E-state index in [4.69, 9.17) is 16.3 Å². The molecule has 1 rings (SSSR count). The van der Waals surface area contributed by atoms with Crippen LogP contribution < -0.4 is 10.2 Å². The van der Waals surface area contributed by atoms with Gasteiger partial charge in [-0.3, -0.25) is 0 Å². The zero-order valence-electron chi connectivity index (χ0n) is 13.1. The number of likely N-dealkylation sites (N-methyl/N-ethyl adjacent to an activating group) is 1. The van der Waals surface area contributed by atoms with Crippen molar-refractivity contribution < 1.29 is 4.74 Å². The summed E-state index contributed by atoms with van der Waals surface area (Å²) in [6.07, 6.45) is 0. The van der Waals surface area contributed by atoms with Crippen LogP contribution in [-0.2, 0) is 11.3 Å². The van der Waals surface area contributed by atoms with E-state index < -0.39 is 0 Å². The quantitative estimate of drug-likeness (QED) is 0.706. The molecule has 0 atom stereocenters. The van der Waals surface area contributed by atoms with Gasteiger partial charge in [0.1, 0.15) is 0 Å². The van der Waals surface area contributed by atoms with E-state index in [-0.39, 0.29) is 0 Å². The van der Waals surface area contributed by atoms with Crippen LogP contribution in [0.5, 0.6) is 0 Å². The molecular weight excluding hydrogens is 272 g/mol. The van der Waals surface area contributed by atoms with Crippen LogP contribution in [0.15, 0.2) is 18.2 Å². The van der Waals surface area contributed by atoms with Crippen molar-refractivity contribution in [1.29, 1.82) is 0 Å². The Morgan fingerprint density at radius 3 is 2.75 bits per heavy atom. The van der Waals surface area contributed by atoms with Gasteiger partial charge >= 0.3 is 0 Å². The Kier molecular flexibility index (Phi) is 7.97. The number of hydrogen-bond donors (Lipinski definition) is 1. The van der Waals surface area contributed by atoms with Crippen LogP contribution in [0.4, 0.5) is 5.69 Å². The van der Waals surface area contributed by atoms with Crippen LogP contribution in [0.2, 0.25) is 5.02 Å². The lowest BCUT2D eigenvalue weighted by atomic mass is 10.1. The Hall–Kier alpha value is -0.770. The van der Waals surface area contributed by atoms with Crippen molar-refractivity contribution in [2.75, 3.05) is 38.3 Å². The summed E-state index contributed by atoms with van der Waals surface area (Å²) in [5.74, 6) is 0.636. The lowest BCUT2D eigenvalue weighted by molar-refractivity contribution is 0.154. The minimum Gasteiger partial charge on any atom is -0.380 e. The third kappa shape index (κ3) is 5.70. The van der Waals surface area contributed by atoms with E-state index in [2.05, 4.69) is 37.2 Å². The van der Waals surface area contributed by atoms with Gasteiger partial charge in [-0.05, 0) is 31.5 Å². The molecule has 0 saturated heterocycles. The second kappa shape index (κ2) is 9.22. The first kappa shape index (κ1) is 17.3. The molecule has 0 spiro atoms. The van der Waals surface area contributed by atoms with Crippen LogP contribution in [-0.4, -0.2) is 33.4 Å². The minimum atomic E-state index is 0.636. The van der Waals surface area contributed by atoms with Gasteiger partial charge in [0.05, 0.1) is 6.61 Å². The van der Waals surface area contributed by atoms with Gasteiger partial charge in [-0.1, -0.05) is 31.5 Å². The number of hydrogen-bond acceptors (Lipinski definition) is 3. The monoisotopic (exact) mass is 298 g/mol. The number of nitrogens with one attached hydrogen (secondary N) is 1. The Bertz CT molecular complexity index is 396. The van der Waals surface area contributed by atoms with E-state index >= 15 is 0 Å². The second-order valence-electron chi connectivity index (χ2n) is 5.38. The maximum Gasteiger partial charge on any atom is 0.0641 e. The predicted molar refractivity (Wildman–Crippen MR) is 87.8 cm³/mol. The average Bonchev–Trinajstić information content (AvgIpc) is 2.40. The van der Waals surface area contributed by atoms with E-state index in [1.165, 1.54) is 5.69 Å². The summed E-state index contributed by atoms with van der Waals surface area (Å²) in [4.78, 5) is 2.20. The summed E-state index contributed by atoms with van der Waals surface area (Å²) in [5.41, 5.74) is 2.34. The summed E-state index contributed by atoms with van der Waals surface area (Å²) >= 11 is 6.35. The van der Waals surface area contributed by atoms with Crippen molar-refractivity contribution in [3.05, 3.63) is 28.8 Å². The lowest BCUT2D eigenvalue weighted by Crippen LogP contribution is -2.26. The molecule has 0 aliphatic carbocycles. The number of benzene rings is 1. The standard InChI is InChI=1S/C16H27ClN2O/c1-5-20-10-9-19(4)16-8-6-7-15(17)14(16)12-18-11-13(2)3/h6-8,13,18H,5,9-12H2,1-4H3. The van der Waals surface area contributed by atoms with Gasteiger partial charge in [-0.25, -0.2) is 0 Å². The van der Waals surface area contributed by atoms with Crippen LogP contribution in [0.1, 0.15) is 26.3 Å². The normalized spacial score (nSPS) is 11.1. The highest BCUT2D eigenvalue weighted by Crippen LogP contribution is 2.26. The van der Waals surface area contributed by atoms with Crippen molar-refractivity contribution in [1.82, 2.24) is 5.32 Å². The fourth-order valence-electron chi connectivity index (χ4n) is 2.03. The average molecular weight is 299 g/mol. The first-order chi connectivity index (χ1) is 9.56. The third-order valence-corrected chi connectivity index (χ3v) is 3.49. The number of anilines is 1. The van der Waals surface area contributed by atoms with Crippen LogP contribution in [0.3, 0.4) is 0 Å². The molecule has 1 aromatic rings. The third-order valence-electron chi connectivity index (χ3n) is 3.13. The van der Waals surface area contributed by atoms with E-state index in [0.717, 1.165) is 43.4 Å². The Balaban J connectivity index is 2.71.